The molecule has 25 heavy (non-hydrogen) atoms. The second-order valence-corrected chi connectivity index (χ2v) is 7.01. The Bertz CT molecular complexity index is 801. The minimum Gasteiger partial charge on any atom is -0.374 e. The molecule has 0 bridgehead atoms. The van der Waals surface area contributed by atoms with Crippen LogP contribution in [0.1, 0.15) is 24.3 Å². The Labute approximate surface area is 146 Å². The van der Waals surface area contributed by atoms with Crippen molar-refractivity contribution in [1.82, 2.24) is 9.88 Å². The van der Waals surface area contributed by atoms with Crippen LogP contribution < -0.4 is 0 Å². The molecule has 1 aliphatic rings. The van der Waals surface area contributed by atoms with E-state index in [9.17, 15) is 18.3 Å². The molecule has 8 heteroatoms. The second-order valence-electron chi connectivity index (χ2n) is 5.98. The number of likely N-dealkylation sites (tertiary alicyclic amines) is 1. The number of nitrogens with zero attached hydrogens (tertiary/aromatic N) is 3. The van der Waals surface area contributed by atoms with Crippen LogP contribution in [0.3, 0.4) is 0 Å². The van der Waals surface area contributed by atoms with Crippen LogP contribution in [0.5, 0.6) is 0 Å². The standard InChI is InChI=1S/C17H16F3N3OS/c18-17(19,20)16(24,11-12(7-8-21)23-9-3-4-10-23)15-22-13-5-1-2-6-14(13)25-15/h1-2,5-7,24H,3-4,9-11H2/b12-7+. The maximum atomic E-state index is 13.8. The van der Waals surface area contributed by atoms with Gasteiger partial charge in [-0.3, -0.25) is 0 Å². The number of thiazole rings is 1. The maximum absolute atomic E-state index is 13.8. The molecule has 0 amide bonds. The highest BCUT2D eigenvalue weighted by Gasteiger charge is 2.57. The summed E-state index contributed by atoms with van der Waals surface area (Å²) >= 11 is 0.824. The van der Waals surface area contributed by atoms with E-state index in [1.54, 1.807) is 35.2 Å². The van der Waals surface area contributed by atoms with Crippen molar-refractivity contribution < 1.29 is 18.3 Å². The molecule has 4 nitrogen and oxygen atoms in total. The SMILES string of the molecule is N#C/C=C(\CC(O)(c1nc2ccccc2s1)C(F)(F)F)N1CCCC1. The Kier molecular flexibility index (Phi) is 4.71. The molecular weight excluding hydrogens is 351 g/mol. The molecule has 132 valence electrons. The Hall–Kier alpha value is -2.11. The lowest BCUT2D eigenvalue weighted by molar-refractivity contribution is -0.267. The van der Waals surface area contributed by atoms with E-state index in [-0.39, 0.29) is 5.70 Å². The van der Waals surface area contributed by atoms with Gasteiger partial charge in [0.25, 0.3) is 0 Å². The van der Waals surface area contributed by atoms with Crippen LogP contribution in [-0.2, 0) is 5.60 Å². The van der Waals surface area contributed by atoms with Gasteiger partial charge in [0.1, 0.15) is 5.01 Å². The smallest absolute Gasteiger partial charge is 0.374 e. The highest BCUT2D eigenvalue weighted by Crippen LogP contribution is 2.46. The van der Waals surface area contributed by atoms with Crippen molar-refractivity contribution in [3.8, 4) is 6.07 Å². The number of allylic oxidation sites excluding steroid dienone is 1. The van der Waals surface area contributed by atoms with Crippen LogP contribution in [0.4, 0.5) is 13.2 Å². The monoisotopic (exact) mass is 367 g/mol. The van der Waals surface area contributed by atoms with Gasteiger partial charge in [-0.1, -0.05) is 12.1 Å². The number of hydrogen-bond acceptors (Lipinski definition) is 5. The van der Waals surface area contributed by atoms with Gasteiger partial charge in [-0.25, -0.2) is 4.98 Å². The highest BCUT2D eigenvalue weighted by atomic mass is 32.1. The number of benzene rings is 1. The molecule has 2 heterocycles. The molecule has 1 aromatic carbocycles. The number of para-hydroxylation sites is 1. The van der Waals surface area contributed by atoms with Gasteiger partial charge in [0, 0.05) is 31.3 Å². The number of alkyl halides is 3. The fourth-order valence-corrected chi connectivity index (χ4v) is 4.02. The fourth-order valence-electron chi connectivity index (χ4n) is 2.94. The lowest BCUT2D eigenvalue weighted by atomic mass is 9.96. The highest BCUT2D eigenvalue weighted by molar-refractivity contribution is 7.18. The first-order valence-corrected chi connectivity index (χ1v) is 8.65. The first kappa shape index (κ1) is 17.7. The van der Waals surface area contributed by atoms with Gasteiger partial charge in [-0.05, 0) is 25.0 Å². The summed E-state index contributed by atoms with van der Waals surface area (Å²) in [5.41, 5.74) is -2.52. The van der Waals surface area contributed by atoms with E-state index in [1.165, 1.54) is 0 Å². The second kappa shape index (κ2) is 6.65. The average molecular weight is 367 g/mol. The molecule has 0 saturated carbocycles. The fraction of sp³-hybridized carbons (Fsp3) is 0.412. The molecule has 1 saturated heterocycles. The third kappa shape index (κ3) is 3.34. The zero-order valence-electron chi connectivity index (χ0n) is 13.3. The number of aromatic nitrogens is 1. The normalized spacial score (nSPS) is 18.4. The molecule has 2 aromatic rings. The minimum atomic E-state index is -4.91. The van der Waals surface area contributed by atoms with Gasteiger partial charge < -0.3 is 10.0 Å². The Morgan fingerprint density at radius 1 is 1.32 bits per heavy atom. The van der Waals surface area contributed by atoms with Crippen LogP contribution in [0.25, 0.3) is 10.2 Å². The first-order valence-electron chi connectivity index (χ1n) is 7.84. The van der Waals surface area contributed by atoms with E-state index in [0.717, 1.165) is 30.3 Å². The predicted molar refractivity (Wildman–Crippen MR) is 88.7 cm³/mol. The van der Waals surface area contributed by atoms with Gasteiger partial charge >= 0.3 is 6.18 Å². The summed E-state index contributed by atoms with van der Waals surface area (Å²) in [6.45, 7) is 1.17. The van der Waals surface area contributed by atoms with E-state index in [0.29, 0.717) is 23.3 Å². The van der Waals surface area contributed by atoms with Crippen molar-refractivity contribution in [3.63, 3.8) is 0 Å². The molecule has 1 N–H and O–H groups in total. The van der Waals surface area contributed by atoms with Crippen LogP contribution >= 0.6 is 11.3 Å². The van der Waals surface area contributed by atoms with Gasteiger partial charge in [-0.15, -0.1) is 11.3 Å². The molecule has 1 fully saturated rings. The Morgan fingerprint density at radius 2 is 2.00 bits per heavy atom. The van der Waals surface area contributed by atoms with E-state index in [4.69, 9.17) is 5.26 Å². The lowest BCUT2D eigenvalue weighted by Gasteiger charge is -2.32. The quantitative estimate of drug-likeness (QED) is 0.832. The topological polar surface area (TPSA) is 60.1 Å². The van der Waals surface area contributed by atoms with E-state index in [2.05, 4.69) is 4.98 Å². The molecule has 0 radical (unpaired) electrons. The molecule has 0 aliphatic carbocycles. The van der Waals surface area contributed by atoms with Crippen LogP contribution in [0.2, 0.25) is 0 Å². The number of nitriles is 1. The van der Waals surface area contributed by atoms with Crippen LogP contribution in [0.15, 0.2) is 36.0 Å². The van der Waals surface area contributed by atoms with Crippen molar-refractivity contribution in [3.05, 3.63) is 41.0 Å². The number of hydrogen-bond donors (Lipinski definition) is 1. The van der Waals surface area contributed by atoms with E-state index >= 15 is 0 Å². The van der Waals surface area contributed by atoms with E-state index < -0.39 is 23.2 Å². The summed E-state index contributed by atoms with van der Waals surface area (Å²) < 4.78 is 42.0. The van der Waals surface area contributed by atoms with Crippen LogP contribution in [-0.4, -0.2) is 34.3 Å². The molecule has 1 atom stereocenters. The summed E-state index contributed by atoms with van der Waals surface area (Å²) in [7, 11) is 0. The minimum absolute atomic E-state index is 0.194. The van der Waals surface area contributed by atoms with Gasteiger partial charge in [0.15, 0.2) is 0 Å². The molecule has 1 aromatic heterocycles. The molecular formula is C17H16F3N3OS. The Morgan fingerprint density at radius 3 is 2.60 bits per heavy atom. The zero-order valence-corrected chi connectivity index (χ0v) is 14.1. The average Bonchev–Trinajstić information content (AvgIpc) is 3.22. The summed E-state index contributed by atoms with van der Waals surface area (Å²) in [5, 5.41) is 19.2. The predicted octanol–water partition coefficient (Wildman–Crippen LogP) is 3.94. The van der Waals surface area contributed by atoms with Crippen molar-refractivity contribution in [1.29, 1.82) is 5.26 Å². The summed E-state index contributed by atoms with van der Waals surface area (Å²) in [6, 6.07) is 8.47. The van der Waals surface area contributed by atoms with Crippen molar-refractivity contribution >= 4 is 21.6 Å². The first-order chi connectivity index (χ1) is 11.8. The number of halogens is 3. The van der Waals surface area contributed by atoms with Gasteiger partial charge in [0.05, 0.1) is 16.3 Å². The number of rotatable bonds is 4. The summed E-state index contributed by atoms with van der Waals surface area (Å²) in [4.78, 5) is 5.74. The molecule has 0 spiro atoms. The van der Waals surface area contributed by atoms with Crippen molar-refractivity contribution in [2.75, 3.05) is 13.1 Å². The summed E-state index contributed by atoms with van der Waals surface area (Å²) in [6.07, 6.45) is -2.82. The zero-order chi connectivity index (χ0) is 18.1. The number of fused-ring (bicyclic) bond motifs is 1. The van der Waals surface area contributed by atoms with Crippen molar-refractivity contribution in [2.24, 2.45) is 0 Å². The van der Waals surface area contributed by atoms with E-state index in [1.807, 2.05) is 0 Å². The maximum Gasteiger partial charge on any atom is 0.424 e. The number of aliphatic hydroxyl groups is 1. The third-order valence-corrected chi connectivity index (χ3v) is 5.48. The Balaban J connectivity index is 2.03. The largest absolute Gasteiger partial charge is 0.424 e. The van der Waals surface area contributed by atoms with Crippen LogP contribution in [0, 0.1) is 11.3 Å². The molecule has 1 unspecified atom stereocenters. The van der Waals surface area contributed by atoms with Gasteiger partial charge in [-0.2, -0.15) is 18.4 Å². The van der Waals surface area contributed by atoms with Gasteiger partial charge in [0.2, 0.25) is 5.60 Å². The summed E-state index contributed by atoms with van der Waals surface area (Å²) in [5.74, 6) is 0. The molecule has 3 rings (SSSR count). The lowest BCUT2D eigenvalue weighted by Crippen LogP contribution is -2.44. The van der Waals surface area contributed by atoms with Crippen molar-refractivity contribution in [2.45, 2.75) is 31.0 Å². The molecule has 1 aliphatic heterocycles. The third-order valence-electron chi connectivity index (χ3n) is 4.30.